The third-order valence-corrected chi connectivity index (χ3v) is 4.68. The Labute approximate surface area is 111 Å². The lowest BCUT2D eigenvalue weighted by Gasteiger charge is -2.27. The van der Waals surface area contributed by atoms with E-state index in [1.807, 2.05) is 35.0 Å². The minimum atomic E-state index is -0.262. The zero-order valence-electron chi connectivity index (χ0n) is 10.3. The minimum absolute atomic E-state index is 0.262. The van der Waals surface area contributed by atoms with Crippen LogP contribution in [0.5, 0.6) is 0 Å². The number of benzene rings is 1. The molecule has 0 atom stereocenters. The summed E-state index contributed by atoms with van der Waals surface area (Å²) >= 11 is 1.60. The summed E-state index contributed by atoms with van der Waals surface area (Å²) in [5.74, 6) is 0.312. The Morgan fingerprint density at radius 3 is 2.39 bits per heavy atom. The van der Waals surface area contributed by atoms with Crippen LogP contribution in [0.15, 0.2) is 47.2 Å². The van der Waals surface area contributed by atoms with Crippen molar-refractivity contribution < 1.29 is 4.79 Å². The highest BCUT2D eigenvalue weighted by molar-refractivity contribution is 7.08. The maximum absolute atomic E-state index is 12.8. The quantitative estimate of drug-likeness (QED) is 0.742. The van der Waals surface area contributed by atoms with Crippen molar-refractivity contribution in [1.29, 1.82) is 0 Å². The summed E-state index contributed by atoms with van der Waals surface area (Å²) in [4.78, 5) is 12.8. The van der Waals surface area contributed by atoms with E-state index in [-0.39, 0.29) is 5.41 Å². The summed E-state index contributed by atoms with van der Waals surface area (Å²) in [5.41, 5.74) is 1.81. The Morgan fingerprint density at radius 2 is 1.78 bits per heavy atom. The third kappa shape index (κ3) is 1.81. The van der Waals surface area contributed by atoms with Gasteiger partial charge in [-0.1, -0.05) is 43.2 Å². The molecule has 0 unspecified atom stereocenters. The average molecular weight is 256 g/mol. The van der Waals surface area contributed by atoms with Crippen molar-refractivity contribution in [2.45, 2.75) is 31.1 Å². The van der Waals surface area contributed by atoms with Gasteiger partial charge in [0.15, 0.2) is 5.78 Å². The van der Waals surface area contributed by atoms with Crippen LogP contribution in [-0.2, 0) is 5.41 Å². The molecule has 0 saturated heterocycles. The molecule has 1 nitrogen and oxygen atoms in total. The molecule has 1 aromatic heterocycles. The largest absolute Gasteiger partial charge is 0.293 e. The summed E-state index contributed by atoms with van der Waals surface area (Å²) in [6, 6.07) is 12.3. The molecule has 0 radical (unpaired) electrons. The number of hydrogen-bond acceptors (Lipinski definition) is 2. The smallest absolute Gasteiger partial charge is 0.174 e. The van der Waals surface area contributed by atoms with Gasteiger partial charge in [0.25, 0.3) is 0 Å². The van der Waals surface area contributed by atoms with Crippen molar-refractivity contribution in [2.24, 2.45) is 0 Å². The van der Waals surface area contributed by atoms with Gasteiger partial charge in [-0.25, -0.2) is 0 Å². The number of Topliss-reactive ketones (excluding diaryl/α,β-unsaturated/α-hetero) is 1. The van der Waals surface area contributed by atoms with Gasteiger partial charge in [-0.15, -0.1) is 0 Å². The van der Waals surface area contributed by atoms with E-state index in [1.165, 1.54) is 5.56 Å². The van der Waals surface area contributed by atoms with Crippen molar-refractivity contribution in [3.05, 3.63) is 58.3 Å². The van der Waals surface area contributed by atoms with E-state index in [1.54, 1.807) is 11.3 Å². The molecule has 1 saturated carbocycles. The van der Waals surface area contributed by atoms with Crippen molar-refractivity contribution in [3.63, 3.8) is 0 Å². The van der Waals surface area contributed by atoms with E-state index in [4.69, 9.17) is 0 Å². The molecule has 0 N–H and O–H groups in total. The van der Waals surface area contributed by atoms with Crippen molar-refractivity contribution in [3.8, 4) is 0 Å². The molecule has 18 heavy (non-hydrogen) atoms. The molecule has 1 fully saturated rings. The summed E-state index contributed by atoms with van der Waals surface area (Å²) in [7, 11) is 0. The zero-order chi connectivity index (χ0) is 12.4. The van der Waals surface area contributed by atoms with Crippen LogP contribution in [-0.4, -0.2) is 5.78 Å². The molecule has 0 bridgehead atoms. The van der Waals surface area contributed by atoms with Crippen molar-refractivity contribution in [2.75, 3.05) is 0 Å². The van der Waals surface area contributed by atoms with Crippen LogP contribution in [0.2, 0.25) is 0 Å². The highest BCUT2D eigenvalue weighted by Gasteiger charge is 2.42. The first kappa shape index (κ1) is 11.7. The molecule has 0 aliphatic heterocycles. The lowest BCUT2D eigenvalue weighted by molar-refractivity contribution is 0.0886. The van der Waals surface area contributed by atoms with Gasteiger partial charge in [-0.2, -0.15) is 11.3 Å². The first-order valence-electron chi connectivity index (χ1n) is 6.45. The summed E-state index contributed by atoms with van der Waals surface area (Å²) in [5, 5.41) is 3.96. The SMILES string of the molecule is O=C(c1ccsc1)C1(c2ccccc2)CCCC1. The van der Waals surface area contributed by atoms with E-state index in [9.17, 15) is 4.79 Å². The van der Waals surface area contributed by atoms with Crippen molar-refractivity contribution >= 4 is 17.1 Å². The molecule has 1 aromatic carbocycles. The fourth-order valence-electron chi connectivity index (χ4n) is 3.05. The summed E-state index contributed by atoms with van der Waals surface area (Å²) in [6.07, 6.45) is 4.30. The van der Waals surface area contributed by atoms with E-state index in [0.29, 0.717) is 5.78 Å². The Hall–Kier alpha value is -1.41. The van der Waals surface area contributed by atoms with Gasteiger partial charge in [0.1, 0.15) is 0 Å². The molecule has 2 heteroatoms. The lowest BCUT2D eigenvalue weighted by atomic mass is 9.73. The number of thiophene rings is 1. The second-order valence-electron chi connectivity index (χ2n) is 5.00. The molecule has 1 heterocycles. The second kappa shape index (κ2) is 4.69. The number of ketones is 1. The molecule has 3 rings (SSSR count). The molecule has 0 spiro atoms. The van der Waals surface area contributed by atoms with Crippen LogP contribution < -0.4 is 0 Å². The normalized spacial score (nSPS) is 17.8. The first-order valence-corrected chi connectivity index (χ1v) is 7.40. The molecule has 92 valence electrons. The lowest BCUT2D eigenvalue weighted by Crippen LogP contribution is -2.32. The summed E-state index contributed by atoms with van der Waals surface area (Å²) in [6.45, 7) is 0. The topological polar surface area (TPSA) is 17.1 Å². The van der Waals surface area contributed by atoms with Gasteiger partial charge in [0.05, 0.1) is 5.41 Å². The Morgan fingerprint density at radius 1 is 1.06 bits per heavy atom. The molecule has 0 amide bonds. The Balaban J connectivity index is 2.05. The number of hydrogen-bond donors (Lipinski definition) is 0. The zero-order valence-corrected chi connectivity index (χ0v) is 11.1. The van der Waals surface area contributed by atoms with Gasteiger partial charge >= 0.3 is 0 Å². The molecular formula is C16H16OS. The van der Waals surface area contributed by atoms with E-state index in [0.717, 1.165) is 31.2 Å². The van der Waals surface area contributed by atoms with E-state index < -0.39 is 0 Å². The molecule has 2 aromatic rings. The average Bonchev–Trinajstić information content (AvgIpc) is 3.11. The highest BCUT2D eigenvalue weighted by atomic mass is 32.1. The van der Waals surface area contributed by atoms with E-state index in [2.05, 4.69) is 12.1 Å². The predicted octanol–water partition coefficient (Wildman–Crippen LogP) is 4.44. The standard InChI is InChI=1S/C16H16OS/c17-15(13-8-11-18-12-13)16(9-4-5-10-16)14-6-2-1-3-7-14/h1-3,6-8,11-12H,4-5,9-10H2. The summed E-state index contributed by atoms with van der Waals surface area (Å²) < 4.78 is 0. The molecule has 1 aliphatic carbocycles. The predicted molar refractivity (Wildman–Crippen MR) is 75.2 cm³/mol. The van der Waals surface area contributed by atoms with E-state index >= 15 is 0 Å². The van der Waals surface area contributed by atoms with Gasteiger partial charge < -0.3 is 0 Å². The maximum atomic E-state index is 12.8. The fourth-order valence-corrected chi connectivity index (χ4v) is 3.69. The number of carbonyl (C=O) groups excluding carboxylic acids is 1. The number of rotatable bonds is 3. The van der Waals surface area contributed by atoms with Gasteiger partial charge in [-0.3, -0.25) is 4.79 Å². The van der Waals surface area contributed by atoms with Crippen molar-refractivity contribution in [1.82, 2.24) is 0 Å². The van der Waals surface area contributed by atoms with Crippen LogP contribution in [0, 0.1) is 0 Å². The van der Waals surface area contributed by atoms with Gasteiger partial charge in [0.2, 0.25) is 0 Å². The minimum Gasteiger partial charge on any atom is -0.293 e. The van der Waals surface area contributed by atoms with Crippen LogP contribution >= 0.6 is 11.3 Å². The second-order valence-corrected chi connectivity index (χ2v) is 5.78. The maximum Gasteiger partial charge on any atom is 0.174 e. The highest BCUT2D eigenvalue weighted by Crippen LogP contribution is 2.43. The molecular weight excluding hydrogens is 240 g/mol. The van der Waals surface area contributed by atoms with Crippen LogP contribution in [0.3, 0.4) is 0 Å². The third-order valence-electron chi connectivity index (χ3n) is 4.00. The van der Waals surface area contributed by atoms with Crippen LogP contribution in [0.25, 0.3) is 0 Å². The Kier molecular flexibility index (Phi) is 3.04. The van der Waals surface area contributed by atoms with Crippen LogP contribution in [0.4, 0.5) is 0 Å². The van der Waals surface area contributed by atoms with Crippen LogP contribution in [0.1, 0.15) is 41.6 Å². The number of carbonyl (C=O) groups is 1. The fraction of sp³-hybridized carbons (Fsp3) is 0.312. The Bertz CT molecular complexity index is 521. The van der Waals surface area contributed by atoms with Gasteiger partial charge in [-0.05, 0) is 29.9 Å². The first-order chi connectivity index (χ1) is 8.83. The molecule has 1 aliphatic rings. The van der Waals surface area contributed by atoms with Gasteiger partial charge in [0, 0.05) is 10.9 Å². The monoisotopic (exact) mass is 256 g/mol.